The van der Waals surface area contributed by atoms with E-state index in [0.29, 0.717) is 11.4 Å². The van der Waals surface area contributed by atoms with Gasteiger partial charge in [-0.25, -0.2) is 0 Å². The minimum absolute atomic E-state index is 0.316. The van der Waals surface area contributed by atoms with Gasteiger partial charge in [0, 0.05) is 18.5 Å². The molecule has 0 unspecified atom stereocenters. The molecule has 0 aliphatic heterocycles. The lowest BCUT2D eigenvalue weighted by atomic mass is 9.75. The molecule has 0 amide bonds. The number of unbranched alkanes of at least 4 members (excludes halogenated alkanes) is 1. The zero-order chi connectivity index (χ0) is 12.9. The highest BCUT2D eigenvalue weighted by atomic mass is 15.2. The van der Waals surface area contributed by atoms with E-state index in [1.165, 1.54) is 25.8 Å². The van der Waals surface area contributed by atoms with Gasteiger partial charge in [-0.15, -0.1) is 0 Å². The monoisotopic (exact) mass is 240 g/mol. The maximum atomic E-state index is 7.18. The quantitative estimate of drug-likeness (QED) is 0.384. The lowest BCUT2D eigenvalue weighted by Gasteiger charge is -2.49. The lowest BCUT2D eigenvalue weighted by molar-refractivity contribution is 0.0276. The molecule has 4 heteroatoms. The van der Waals surface area contributed by atoms with Crippen molar-refractivity contribution in [3.63, 3.8) is 0 Å². The largest absolute Gasteiger partial charge is 0.388 e. The summed E-state index contributed by atoms with van der Waals surface area (Å²) in [5.74, 6) is 0.316. The van der Waals surface area contributed by atoms with E-state index in [9.17, 15) is 0 Å². The molecule has 3 N–H and O–H groups in total. The standard InChI is InChI=1S/C13H28N4/c1-16(2)13(8-6-9-13)11-17(3)10-5-4-7-12(14)15/h4-11H2,1-3H3,(H3,14,15). The Morgan fingerprint density at radius 3 is 2.29 bits per heavy atom. The molecule has 1 saturated carbocycles. The minimum atomic E-state index is 0.316. The van der Waals surface area contributed by atoms with E-state index in [-0.39, 0.29) is 0 Å². The van der Waals surface area contributed by atoms with Crippen LogP contribution in [0.3, 0.4) is 0 Å². The zero-order valence-corrected chi connectivity index (χ0v) is 11.6. The summed E-state index contributed by atoms with van der Waals surface area (Å²) in [6.07, 6.45) is 6.95. The number of nitrogens with two attached hydrogens (primary N) is 1. The summed E-state index contributed by atoms with van der Waals surface area (Å²) < 4.78 is 0. The molecule has 0 aromatic carbocycles. The molecule has 0 atom stereocenters. The van der Waals surface area contributed by atoms with Gasteiger partial charge >= 0.3 is 0 Å². The number of rotatable bonds is 8. The summed E-state index contributed by atoms with van der Waals surface area (Å²) in [7, 11) is 6.60. The normalized spacial score (nSPS) is 18.4. The van der Waals surface area contributed by atoms with Crippen molar-refractivity contribution in [1.29, 1.82) is 5.41 Å². The topological polar surface area (TPSA) is 56.4 Å². The van der Waals surface area contributed by atoms with Crippen LogP contribution in [-0.2, 0) is 0 Å². The molecule has 100 valence electrons. The first-order valence-corrected chi connectivity index (χ1v) is 6.65. The fourth-order valence-corrected chi connectivity index (χ4v) is 2.61. The van der Waals surface area contributed by atoms with Crippen molar-refractivity contribution in [2.24, 2.45) is 5.73 Å². The Morgan fingerprint density at radius 2 is 1.88 bits per heavy atom. The van der Waals surface area contributed by atoms with Crippen molar-refractivity contribution in [3.05, 3.63) is 0 Å². The summed E-state index contributed by atoms with van der Waals surface area (Å²) in [5, 5.41) is 7.18. The van der Waals surface area contributed by atoms with Crippen LogP contribution in [0.2, 0.25) is 0 Å². The van der Waals surface area contributed by atoms with Crippen LogP contribution in [0, 0.1) is 5.41 Å². The Balaban J connectivity index is 2.20. The highest BCUT2D eigenvalue weighted by Gasteiger charge is 2.39. The molecule has 0 spiro atoms. The summed E-state index contributed by atoms with van der Waals surface area (Å²) in [4.78, 5) is 4.82. The summed E-state index contributed by atoms with van der Waals surface area (Å²) in [5.41, 5.74) is 5.77. The Labute approximate surface area is 106 Å². The van der Waals surface area contributed by atoms with Crippen LogP contribution in [-0.4, -0.2) is 55.4 Å². The number of hydrogen-bond donors (Lipinski definition) is 2. The van der Waals surface area contributed by atoms with Gasteiger partial charge in [0.25, 0.3) is 0 Å². The van der Waals surface area contributed by atoms with Crippen molar-refractivity contribution in [2.75, 3.05) is 34.2 Å². The predicted octanol–water partition coefficient (Wildman–Crippen LogP) is 1.51. The van der Waals surface area contributed by atoms with Gasteiger partial charge in [-0.1, -0.05) is 0 Å². The molecule has 1 aliphatic rings. The number of nitrogens with zero attached hydrogens (tertiary/aromatic N) is 2. The molecule has 1 aliphatic carbocycles. The van der Waals surface area contributed by atoms with Gasteiger partial charge in [-0.2, -0.15) is 0 Å². The minimum Gasteiger partial charge on any atom is -0.388 e. The second kappa shape index (κ2) is 6.36. The molecule has 0 saturated heterocycles. The SMILES string of the molecule is CN(CCCCC(=N)N)CC1(N(C)C)CCC1. The summed E-state index contributed by atoms with van der Waals surface area (Å²) in [6, 6.07) is 0. The van der Waals surface area contributed by atoms with Crippen molar-refractivity contribution in [2.45, 2.75) is 44.1 Å². The number of hydrogen-bond acceptors (Lipinski definition) is 3. The highest BCUT2D eigenvalue weighted by molar-refractivity contribution is 5.76. The lowest BCUT2D eigenvalue weighted by Crippen LogP contribution is -2.56. The smallest absolute Gasteiger partial charge is 0.0905 e. The van der Waals surface area contributed by atoms with E-state index < -0.39 is 0 Å². The maximum Gasteiger partial charge on any atom is 0.0905 e. The number of nitrogens with one attached hydrogen (secondary N) is 1. The molecule has 1 fully saturated rings. The number of likely N-dealkylation sites (N-methyl/N-ethyl adjacent to an activating group) is 2. The third-order valence-electron chi connectivity index (χ3n) is 4.03. The number of amidine groups is 1. The van der Waals surface area contributed by atoms with Crippen LogP contribution in [0.25, 0.3) is 0 Å². The molecular formula is C13H28N4. The van der Waals surface area contributed by atoms with Crippen LogP contribution >= 0.6 is 0 Å². The fraction of sp³-hybridized carbons (Fsp3) is 0.923. The molecule has 0 bridgehead atoms. The van der Waals surface area contributed by atoms with Crippen LogP contribution in [0.4, 0.5) is 0 Å². The Morgan fingerprint density at radius 1 is 1.24 bits per heavy atom. The van der Waals surface area contributed by atoms with E-state index in [2.05, 4.69) is 30.9 Å². The second-order valence-electron chi connectivity index (χ2n) is 5.69. The van der Waals surface area contributed by atoms with Gasteiger partial charge < -0.3 is 15.5 Å². The van der Waals surface area contributed by atoms with Gasteiger partial charge in [0.05, 0.1) is 5.84 Å². The molecule has 17 heavy (non-hydrogen) atoms. The molecule has 1 rings (SSSR count). The third-order valence-corrected chi connectivity index (χ3v) is 4.03. The summed E-state index contributed by atoms with van der Waals surface area (Å²) in [6.45, 7) is 2.28. The van der Waals surface area contributed by atoms with Crippen LogP contribution < -0.4 is 5.73 Å². The Bertz CT molecular complexity index is 246. The highest BCUT2D eigenvalue weighted by Crippen LogP contribution is 2.36. The average Bonchev–Trinajstić information content (AvgIpc) is 2.17. The Hall–Kier alpha value is -0.610. The molecule has 0 radical (unpaired) electrons. The first-order chi connectivity index (χ1) is 7.96. The van der Waals surface area contributed by atoms with Gasteiger partial charge in [-0.05, 0) is 59.8 Å². The van der Waals surface area contributed by atoms with Crippen molar-refractivity contribution >= 4 is 5.84 Å². The third kappa shape index (κ3) is 4.28. The van der Waals surface area contributed by atoms with Crippen molar-refractivity contribution < 1.29 is 0 Å². The molecule has 0 aromatic heterocycles. The predicted molar refractivity (Wildman–Crippen MR) is 73.5 cm³/mol. The van der Waals surface area contributed by atoms with E-state index >= 15 is 0 Å². The van der Waals surface area contributed by atoms with E-state index in [4.69, 9.17) is 11.1 Å². The van der Waals surface area contributed by atoms with E-state index in [0.717, 1.165) is 25.8 Å². The van der Waals surface area contributed by atoms with E-state index in [1.807, 2.05) is 0 Å². The van der Waals surface area contributed by atoms with Crippen LogP contribution in [0.5, 0.6) is 0 Å². The summed E-state index contributed by atoms with van der Waals surface area (Å²) >= 11 is 0. The second-order valence-corrected chi connectivity index (χ2v) is 5.69. The first kappa shape index (κ1) is 14.5. The average molecular weight is 240 g/mol. The van der Waals surface area contributed by atoms with Crippen molar-refractivity contribution in [3.8, 4) is 0 Å². The molecule has 0 aromatic rings. The van der Waals surface area contributed by atoms with Gasteiger partial charge in [0.15, 0.2) is 0 Å². The van der Waals surface area contributed by atoms with Crippen LogP contribution in [0.15, 0.2) is 0 Å². The molecule has 0 heterocycles. The zero-order valence-electron chi connectivity index (χ0n) is 11.6. The van der Waals surface area contributed by atoms with E-state index in [1.54, 1.807) is 0 Å². The fourth-order valence-electron chi connectivity index (χ4n) is 2.61. The Kier molecular flexibility index (Phi) is 5.40. The first-order valence-electron chi connectivity index (χ1n) is 6.65. The van der Waals surface area contributed by atoms with Gasteiger partial charge in [-0.3, -0.25) is 5.41 Å². The maximum absolute atomic E-state index is 7.18. The van der Waals surface area contributed by atoms with Crippen molar-refractivity contribution in [1.82, 2.24) is 9.80 Å². The van der Waals surface area contributed by atoms with Gasteiger partial charge in [0.1, 0.15) is 0 Å². The molecular weight excluding hydrogens is 212 g/mol. The molecule has 4 nitrogen and oxygen atoms in total. The van der Waals surface area contributed by atoms with Gasteiger partial charge in [0.2, 0.25) is 0 Å². The van der Waals surface area contributed by atoms with Crippen LogP contribution in [0.1, 0.15) is 38.5 Å².